The summed E-state index contributed by atoms with van der Waals surface area (Å²) in [5.74, 6) is -0.230. The van der Waals surface area contributed by atoms with E-state index < -0.39 is 0 Å². The molecule has 3 heterocycles. The van der Waals surface area contributed by atoms with Crippen LogP contribution in [0.3, 0.4) is 0 Å². The number of benzene rings is 1. The summed E-state index contributed by atoms with van der Waals surface area (Å²) in [4.78, 5) is 31.7. The van der Waals surface area contributed by atoms with Crippen LogP contribution in [0.1, 0.15) is 48.7 Å². The number of piperidine rings is 1. The minimum atomic E-state index is -0.230. The number of likely N-dealkylation sites (tertiary alicyclic amines) is 1. The SMILES string of the molecule is CC(C)c1noc2ncc(C(=O)N3CCCC(C(=O)Nc4ccccc4)C3)cc12. The normalized spacial score (nSPS) is 16.9. The van der Waals surface area contributed by atoms with Crippen molar-refractivity contribution in [3.8, 4) is 0 Å². The van der Waals surface area contributed by atoms with E-state index >= 15 is 0 Å². The Hall–Kier alpha value is -3.22. The van der Waals surface area contributed by atoms with Crippen LogP contribution in [0.5, 0.6) is 0 Å². The van der Waals surface area contributed by atoms with Gasteiger partial charge in [0.15, 0.2) is 0 Å². The van der Waals surface area contributed by atoms with Gasteiger partial charge in [-0.2, -0.15) is 0 Å². The molecule has 2 amide bonds. The molecule has 1 aromatic carbocycles. The van der Waals surface area contributed by atoms with Crippen LogP contribution >= 0.6 is 0 Å². The molecule has 29 heavy (non-hydrogen) atoms. The van der Waals surface area contributed by atoms with Crippen molar-refractivity contribution < 1.29 is 14.1 Å². The smallest absolute Gasteiger partial charge is 0.257 e. The Morgan fingerprint density at radius 3 is 2.79 bits per heavy atom. The summed E-state index contributed by atoms with van der Waals surface area (Å²) in [5, 5.41) is 7.77. The van der Waals surface area contributed by atoms with E-state index in [2.05, 4.69) is 15.5 Å². The molecule has 0 saturated carbocycles. The first-order chi connectivity index (χ1) is 14.0. The molecule has 7 heteroatoms. The van der Waals surface area contributed by atoms with E-state index in [4.69, 9.17) is 4.52 Å². The van der Waals surface area contributed by atoms with Gasteiger partial charge in [0, 0.05) is 25.0 Å². The fraction of sp³-hybridized carbons (Fsp3) is 0.364. The Bertz CT molecular complexity index is 1030. The molecule has 2 aromatic heterocycles. The Morgan fingerprint density at radius 2 is 2.03 bits per heavy atom. The Balaban J connectivity index is 1.49. The quantitative estimate of drug-likeness (QED) is 0.729. The van der Waals surface area contributed by atoms with Gasteiger partial charge in [0.05, 0.1) is 22.6 Å². The van der Waals surface area contributed by atoms with Crippen molar-refractivity contribution in [1.82, 2.24) is 15.0 Å². The van der Waals surface area contributed by atoms with Crippen LogP contribution in [0, 0.1) is 5.92 Å². The van der Waals surface area contributed by atoms with Crippen LogP contribution in [0.25, 0.3) is 11.1 Å². The maximum Gasteiger partial charge on any atom is 0.257 e. The van der Waals surface area contributed by atoms with Gasteiger partial charge in [-0.15, -0.1) is 0 Å². The summed E-state index contributed by atoms with van der Waals surface area (Å²) < 4.78 is 5.26. The molecule has 7 nitrogen and oxygen atoms in total. The molecule has 3 aromatic rings. The lowest BCUT2D eigenvalue weighted by molar-refractivity contribution is -0.121. The van der Waals surface area contributed by atoms with Crippen LogP contribution in [0.2, 0.25) is 0 Å². The zero-order chi connectivity index (χ0) is 20.4. The standard InChI is InChI=1S/C22H24N4O3/c1-14(2)19-18-11-16(12-23-21(18)29-25-19)22(28)26-10-6-7-15(13-26)20(27)24-17-8-4-3-5-9-17/h3-5,8-9,11-12,14-15H,6-7,10,13H2,1-2H3,(H,24,27). The van der Waals surface area contributed by atoms with Gasteiger partial charge in [-0.3, -0.25) is 9.59 Å². The number of nitrogens with one attached hydrogen (secondary N) is 1. The first kappa shape index (κ1) is 19.1. The van der Waals surface area contributed by atoms with Crippen molar-refractivity contribution in [2.24, 2.45) is 5.92 Å². The second-order valence-electron chi connectivity index (χ2n) is 7.74. The number of nitrogens with zero attached hydrogens (tertiary/aromatic N) is 3. The van der Waals surface area contributed by atoms with Crippen LogP contribution in [0.15, 0.2) is 47.1 Å². The van der Waals surface area contributed by atoms with Gasteiger partial charge in [-0.05, 0) is 37.0 Å². The number of rotatable bonds is 4. The highest BCUT2D eigenvalue weighted by Crippen LogP contribution is 2.26. The predicted octanol–water partition coefficient (Wildman–Crippen LogP) is 3.84. The van der Waals surface area contributed by atoms with Gasteiger partial charge in [0.2, 0.25) is 5.91 Å². The van der Waals surface area contributed by atoms with Crippen molar-refractivity contribution in [2.75, 3.05) is 18.4 Å². The average molecular weight is 392 g/mol. The van der Waals surface area contributed by atoms with Gasteiger partial charge >= 0.3 is 0 Å². The highest BCUT2D eigenvalue weighted by atomic mass is 16.5. The number of para-hydroxylation sites is 1. The second-order valence-corrected chi connectivity index (χ2v) is 7.74. The van der Waals surface area contributed by atoms with E-state index in [1.165, 1.54) is 6.20 Å². The topological polar surface area (TPSA) is 88.3 Å². The van der Waals surface area contributed by atoms with E-state index in [9.17, 15) is 9.59 Å². The number of hydrogen-bond acceptors (Lipinski definition) is 5. The zero-order valence-electron chi connectivity index (χ0n) is 16.6. The van der Waals surface area contributed by atoms with Crippen molar-refractivity contribution in [2.45, 2.75) is 32.6 Å². The van der Waals surface area contributed by atoms with Gasteiger partial charge in [-0.25, -0.2) is 4.98 Å². The van der Waals surface area contributed by atoms with Crippen LogP contribution in [0.4, 0.5) is 5.69 Å². The molecule has 0 spiro atoms. The Kier molecular flexibility index (Phi) is 5.29. The van der Waals surface area contributed by atoms with Crippen LogP contribution in [-0.4, -0.2) is 39.9 Å². The highest BCUT2D eigenvalue weighted by Gasteiger charge is 2.29. The number of carbonyl (C=O) groups is 2. The lowest BCUT2D eigenvalue weighted by Gasteiger charge is -2.32. The molecule has 1 unspecified atom stereocenters. The third-order valence-corrected chi connectivity index (χ3v) is 5.27. The molecule has 1 saturated heterocycles. The molecule has 1 aliphatic heterocycles. The Labute approximate surface area is 169 Å². The summed E-state index contributed by atoms with van der Waals surface area (Å²) in [6, 6.07) is 11.2. The monoisotopic (exact) mass is 392 g/mol. The first-order valence-corrected chi connectivity index (χ1v) is 9.93. The van der Waals surface area contributed by atoms with Crippen molar-refractivity contribution in [3.63, 3.8) is 0 Å². The van der Waals surface area contributed by atoms with Crippen molar-refractivity contribution in [3.05, 3.63) is 53.9 Å². The number of pyridine rings is 1. The van der Waals surface area contributed by atoms with E-state index in [1.807, 2.05) is 44.2 Å². The number of hydrogen-bond donors (Lipinski definition) is 1. The largest absolute Gasteiger partial charge is 0.338 e. The van der Waals surface area contributed by atoms with Crippen LogP contribution in [-0.2, 0) is 4.79 Å². The average Bonchev–Trinajstić information content (AvgIpc) is 3.17. The molecule has 150 valence electrons. The number of anilines is 1. The summed E-state index contributed by atoms with van der Waals surface area (Å²) in [7, 11) is 0. The lowest BCUT2D eigenvalue weighted by Crippen LogP contribution is -2.43. The highest BCUT2D eigenvalue weighted by molar-refractivity contribution is 5.98. The maximum atomic E-state index is 13.1. The molecule has 0 aliphatic carbocycles. The van der Waals surface area contributed by atoms with Crippen molar-refractivity contribution in [1.29, 1.82) is 0 Å². The van der Waals surface area contributed by atoms with Gasteiger partial charge in [0.25, 0.3) is 11.6 Å². The first-order valence-electron chi connectivity index (χ1n) is 9.93. The number of aromatic nitrogens is 2. The molecule has 1 fully saturated rings. The molecule has 0 bridgehead atoms. The number of carbonyl (C=O) groups excluding carboxylic acids is 2. The van der Waals surface area contributed by atoms with Gasteiger partial charge in [-0.1, -0.05) is 37.2 Å². The van der Waals surface area contributed by atoms with Crippen molar-refractivity contribution >= 4 is 28.6 Å². The molecule has 1 N–H and O–H groups in total. The molecule has 1 aliphatic rings. The maximum absolute atomic E-state index is 13.1. The minimum Gasteiger partial charge on any atom is -0.338 e. The van der Waals surface area contributed by atoms with Gasteiger partial charge < -0.3 is 14.7 Å². The van der Waals surface area contributed by atoms with E-state index in [0.29, 0.717) is 24.4 Å². The summed E-state index contributed by atoms with van der Waals surface area (Å²) in [6.45, 7) is 5.07. The summed E-state index contributed by atoms with van der Waals surface area (Å²) >= 11 is 0. The Morgan fingerprint density at radius 1 is 1.24 bits per heavy atom. The van der Waals surface area contributed by atoms with E-state index in [0.717, 1.165) is 29.6 Å². The third-order valence-electron chi connectivity index (χ3n) is 5.27. The van der Waals surface area contributed by atoms with E-state index in [1.54, 1.807) is 11.0 Å². The molecular formula is C22H24N4O3. The van der Waals surface area contributed by atoms with Gasteiger partial charge in [0.1, 0.15) is 0 Å². The summed E-state index contributed by atoms with van der Waals surface area (Å²) in [5.41, 5.74) is 2.49. The zero-order valence-corrected chi connectivity index (χ0v) is 16.6. The fourth-order valence-electron chi connectivity index (χ4n) is 3.71. The second kappa shape index (κ2) is 8.03. The lowest BCUT2D eigenvalue weighted by atomic mass is 9.96. The fourth-order valence-corrected chi connectivity index (χ4v) is 3.71. The molecule has 4 rings (SSSR count). The van der Waals surface area contributed by atoms with Crippen LogP contribution < -0.4 is 5.32 Å². The minimum absolute atomic E-state index is 0.0524. The summed E-state index contributed by atoms with van der Waals surface area (Å²) in [6.07, 6.45) is 3.08. The molecule has 1 atom stereocenters. The third kappa shape index (κ3) is 3.99. The van der Waals surface area contributed by atoms with E-state index in [-0.39, 0.29) is 23.7 Å². The molecular weight excluding hydrogens is 368 g/mol. The molecule has 0 radical (unpaired) electrons. The number of amides is 2. The number of fused-ring (bicyclic) bond motifs is 1. The predicted molar refractivity (Wildman–Crippen MR) is 110 cm³/mol.